The Morgan fingerprint density at radius 2 is 1.21 bits per heavy atom. The summed E-state index contributed by atoms with van der Waals surface area (Å²) in [6, 6.07) is 15.2. The number of fused-ring (bicyclic) bond motifs is 1. The number of ether oxygens (including phenoxy) is 2. The maximum absolute atomic E-state index is 15.2. The molecule has 0 N–H and O–H groups in total. The van der Waals surface area contributed by atoms with Crippen molar-refractivity contribution in [1.82, 2.24) is 0 Å². The molecule has 9 heteroatoms. The molecule has 4 rings (SSSR count). The molecule has 0 saturated carbocycles. The smallest absolute Gasteiger partial charge is 0.399 e. The minimum atomic E-state index is -5.23. The zero-order valence-electron chi connectivity index (χ0n) is 21.0. The SMILES string of the molecule is COCCc1ccc(CCc2ccc3c(F)c(CCc4cc(F)c(OC(F)(F)F)c(F)c4)ccc3c2)c(F)c1. The van der Waals surface area contributed by atoms with Crippen molar-refractivity contribution in [2.24, 2.45) is 0 Å². The van der Waals surface area contributed by atoms with Gasteiger partial charge in [-0.15, -0.1) is 13.2 Å². The Morgan fingerprint density at radius 3 is 1.87 bits per heavy atom. The maximum Gasteiger partial charge on any atom is 0.573 e. The summed E-state index contributed by atoms with van der Waals surface area (Å²) in [5.41, 5.74) is 2.71. The molecule has 4 aromatic rings. The Balaban J connectivity index is 1.43. The number of hydrogen-bond donors (Lipinski definition) is 0. The second-order valence-electron chi connectivity index (χ2n) is 9.20. The van der Waals surface area contributed by atoms with Gasteiger partial charge in [0.1, 0.15) is 11.6 Å². The molecule has 0 fully saturated rings. The van der Waals surface area contributed by atoms with Crippen molar-refractivity contribution in [3.8, 4) is 5.75 Å². The number of aryl methyl sites for hydroxylation is 4. The van der Waals surface area contributed by atoms with Gasteiger partial charge in [0.25, 0.3) is 0 Å². The molecule has 0 spiro atoms. The summed E-state index contributed by atoms with van der Waals surface area (Å²) in [5, 5.41) is 1.01. The Labute approximate surface area is 221 Å². The standard InChI is InChI=1S/C30H25F7O2/c1-38-13-12-19-3-7-21(25(31)15-19)6-2-18-5-11-24-23(14-18)10-9-22(28(24)34)8-4-20-16-26(32)29(27(33)17-20)39-30(35,36)37/h3,5,7,9-11,14-17H,2,4,6,8,12-13H2,1H3. The fourth-order valence-corrected chi connectivity index (χ4v) is 4.43. The fraction of sp³-hybridized carbons (Fsp3) is 0.267. The van der Waals surface area contributed by atoms with Crippen LogP contribution in [0.2, 0.25) is 0 Å². The van der Waals surface area contributed by atoms with E-state index >= 15 is 4.39 Å². The van der Waals surface area contributed by atoms with Crippen molar-refractivity contribution in [3.05, 3.63) is 112 Å². The van der Waals surface area contributed by atoms with Crippen molar-refractivity contribution >= 4 is 10.8 Å². The van der Waals surface area contributed by atoms with Crippen molar-refractivity contribution in [3.63, 3.8) is 0 Å². The molecule has 0 unspecified atom stereocenters. The van der Waals surface area contributed by atoms with Crippen LogP contribution in [-0.2, 0) is 36.8 Å². The first-order chi connectivity index (χ1) is 18.5. The first-order valence-corrected chi connectivity index (χ1v) is 12.2. The molecule has 39 heavy (non-hydrogen) atoms. The monoisotopic (exact) mass is 550 g/mol. The lowest BCUT2D eigenvalue weighted by molar-refractivity contribution is -0.276. The van der Waals surface area contributed by atoms with Crippen molar-refractivity contribution in [2.45, 2.75) is 38.5 Å². The van der Waals surface area contributed by atoms with Crippen LogP contribution in [0.1, 0.15) is 27.8 Å². The van der Waals surface area contributed by atoms with Gasteiger partial charge in [-0.3, -0.25) is 0 Å². The lowest BCUT2D eigenvalue weighted by Gasteiger charge is -2.12. The summed E-state index contributed by atoms with van der Waals surface area (Å²) in [5.74, 6) is -5.27. The highest BCUT2D eigenvalue weighted by atomic mass is 19.4. The van der Waals surface area contributed by atoms with Gasteiger partial charge in [-0.1, -0.05) is 42.5 Å². The van der Waals surface area contributed by atoms with Crippen LogP contribution in [0.15, 0.2) is 60.7 Å². The molecule has 4 aromatic carbocycles. The normalized spacial score (nSPS) is 11.8. The average Bonchev–Trinajstić information content (AvgIpc) is 2.88. The molecule has 0 aromatic heterocycles. The summed E-state index contributed by atoms with van der Waals surface area (Å²) in [7, 11) is 1.59. The van der Waals surface area contributed by atoms with Gasteiger partial charge in [0.2, 0.25) is 5.75 Å². The molecule has 2 nitrogen and oxygen atoms in total. The van der Waals surface area contributed by atoms with Gasteiger partial charge in [0.05, 0.1) is 6.61 Å². The van der Waals surface area contributed by atoms with Gasteiger partial charge in [-0.2, -0.15) is 0 Å². The molecule has 0 amide bonds. The van der Waals surface area contributed by atoms with E-state index in [1.165, 1.54) is 6.07 Å². The molecule has 0 aliphatic heterocycles. The number of hydrogen-bond acceptors (Lipinski definition) is 2. The van der Waals surface area contributed by atoms with Crippen LogP contribution in [0.5, 0.6) is 5.75 Å². The lowest BCUT2D eigenvalue weighted by Crippen LogP contribution is -2.19. The predicted molar refractivity (Wildman–Crippen MR) is 134 cm³/mol. The van der Waals surface area contributed by atoms with Crippen LogP contribution in [0, 0.1) is 23.3 Å². The Morgan fingerprint density at radius 1 is 0.615 bits per heavy atom. The van der Waals surface area contributed by atoms with E-state index in [4.69, 9.17) is 4.74 Å². The maximum atomic E-state index is 15.2. The van der Waals surface area contributed by atoms with Crippen molar-refractivity contribution in [2.75, 3.05) is 13.7 Å². The van der Waals surface area contributed by atoms with E-state index in [2.05, 4.69) is 4.74 Å². The second-order valence-corrected chi connectivity index (χ2v) is 9.20. The minimum absolute atomic E-state index is 0.00350. The van der Waals surface area contributed by atoms with Crippen LogP contribution in [0.4, 0.5) is 30.7 Å². The molecular formula is C30H25F7O2. The van der Waals surface area contributed by atoms with Crippen LogP contribution in [0.25, 0.3) is 10.8 Å². The molecule has 0 radical (unpaired) electrons. The predicted octanol–water partition coefficient (Wildman–Crippen LogP) is 8.05. The lowest BCUT2D eigenvalue weighted by atomic mass is 9.97. The third-order valence-corrected chi connectivity index (χ3v) is 6.45. The number of halogens is 7. The number of benzene rings is 4. The van der Waals surface area contributed by atoms with Gasteiger partial charge in [-0.05, 0) is 83.5 Å². The van der Waals surface area contributed by atoms with E-state index < -0.39 is 29.6 Å². The molecule has 0 atom stereocenters. The highest BCUT2D eigenvalue weighted by Gasteiger charge is 2.34. The van der Waals surface area contributed by atoms with Crippen LogP contribution < -0.4 is 4.74 Å². The van der Waals surface area contributed by atoms with E-state index in [9.17, 15) is 26.3 Å². The molecule has 0 heterocycles. The highest BCUT2D eigenvalue weighted by molar-refractivity contribution is 5.84. The van der Waals surface area contributed by atoms with Gasteiger partial charge in [0.15, 0.2) is 11.6 Å². The summed E-state index contributed by atoms with van der Waals surface area (Å²) in [6.45, 7) is 0.513. The van der Waals surface area contributed by atoms with E-state index in [1.807, 2.05) is 12.1 Å². The summed E-state index contributed by atoms with van der Waals surface area (Å²) in [6.07, 6.45) is -3.51. The Bertz CT molecular complexity index is 1440. The van der Waals surface area contributed by atoms with Gasteiger partial charge in [0, 0.05) is 12.5 Å². The summed E-state index contributed by atoms with van der Waals surface area (Å²) < 4.78 is 103. The highest BCUT2D eigenvalue weighted by Crippen LogP contribution is 2.30. The third kappa shape index (κ3) is 7.29. The van der Waals surface area contributed by atoms with Crippen molar-refractivity contribution < 1.29 is 40.2 Å². The Hall–Kier alpha value is -3.59. The molecule has 206 valence electrons. The van der Waals surface area contributed by atoms with E-state index in [0.717, 1.165) is 23.3 Å². The van der Waals surface area contributed by atoms with Crippen LogP contribution >= 0.6 is 0 Å². The van der Waals surface area contributed by atoms with E-state index in [-0.39, 0.29) is 24.2 Å². The average molecular weight is 551 g/mol. The summed E-state index contributed by atoms with van der Waals surface area (Å²) in [4.78, 5) is 0. The summed E-state index contributed by atoms with van der Waals surface area (Å²) >= 11 is 0. The van der Waals surface area contributed by atoms with Gasteiger partial charge >= 0.3 is 6.36 Å². The molecule has 0 saturated heterocycles. The first-order valence-electron chi connectivity index (χ1n) is 12.2. The van der Waals surface area contributed by atoms with E-state index in [0.29, 0.717) is 47.8 Å². The largest absolute Gasteiger partial charge is 0.573 e. The van der Waals surface area contributed by atoms with Crippen LogP contribution in [0.3, 0.4) is 0 Å². The second kappa shape index (κ2) is 12.1. The quantitative estimate of drug-likeness (QED) is 0.186. The number of methoxy groups -OCH3 is 1. The van der Waals surface area contributed by atoms with Gasteiger partial charge in [-0.25, -0.2) is 17.6 Å². The first kappa shape index (κ1) is 28.4. The molecule has 0 bridgehead atoms. The fourth-order valence-electron chi connectivity index (χ4n) is 4.43. The van der Waals surface area contributed by atoms with Crippen LogP contribution in [-0.4, -0.2) is 20.1 Å². The third-order valence-electron chi connectivity index (χ3n) is 6.45. The number of rotatable bonds is 10. The van der Waals surface area contributed by atoms with Gasteiger partial charge < -0.3 is 9.47 Å². The number of alkyl halides is 3. The van der Waals surface area contributed by atoms with E-state index in [1.54, 1.807) is 37.4 Å². The molecule has 0 aliphatic rings. The Kier molecular flexibility index (Phi) is 8.80. The minimum Gasteiger partial charge on any atom is -0.399 e. The van der Waals surface area contributed by atoms with Crippen molar-refractivity contribution in [1.29, 1.82) is 0 Å². The molecular weight excluding hydrogens is 525 g/mol. The zero-order chi connectivity index (χ0) is 28.2. The zero-order valence-corrected chi connectivity index (χ0v) is 21.0. The molecule has 0 aliphatic carbocycles. The topological polar surface area (TPSA) is 18.5 Å².